The van der Waals surface area contributed by atoms with E-state index in [1.165, 1.54) is 12.1 Å². The smallest absolute Gasteiger partial charge is 0.326 e. The molecule has 0 radical (unpaired) electrons. The van der Waals surface area contributed by atoms with Gasteiger partial charge in [-0.3, -0.25) is 9.59 Å². The molecule has 1 atom stereocenters. The number of esters is 1. The number of hydrogen-bond donors (Lipinski definition) is 2. The van der Waals surface area contributed by atoms with Crippen LogP contribution in [0.4, 0.5) is 0 Å². The van der Waals surface area contributed by atoms with E-state index in [1.54, 1.807) is 6.07 Å². The number of aliphatic carboxylic acids is 1. The average molecular weight is 295 g/mol. The molecule has 0 unspecified atom stereocenters. The minimum Gasteiger partial charge on any atom is -0.480 e. The Labute approximate surface area is 119 Å². The Hall–Kier alpha value is -2.77. The number of amides is 1. The first-order valence-corrected chi connectivity index (χ1v) is 6.01. The maximum Gasteiger partial charge on any atom is 0.326 e. The number of carboxylic acids is 1. The molecule has 2 N–H and O–H groups in total. The fourth-order valence-corrected chi connectivity index (χ4v) is 1.73. The summed E-state index contributed by atoms with van der Waals surface area (Å²) in [5.74, 6) is -1.77. The van der Waals surface area contributed by atoms with E-state index in [9.17, 15) is 14.4 Å². The summed E-state index contributed by atoms with van der Waals surface area (Å²) in [5.41, 5.74) is 0.204. The summed E-state index contributed by atoms with van der Waals surface area (Å²) in [6, 6.07) is 3.09. The maximum absolute atomic E-state index is 12.0. The highest BCUT2D eigenvalue weighted by Gasteiger charge is 2.25. The van der Waals surface area contributed by atoms with Gasteiger partial charge in [0.1, 0.15) is 6.04 Å². The molecule has 1 aliphatic heterocycles. The predicted octanol–water partition coefficient (Wildman–Crippen LogP) is 0.161. The quantitative estimate of drug-likeness (QED) is 0.744. The van der Waals surface area contributed by atoms with Crippen LogP contribution in [0.1, 0.15) is 16.8 Å². The van der Waals surface area contributed by atoms with Crippen LogP contribution >= 0.6 is 0 Å². The molecule has 0 aromatic heterocycles. The highest BCUT2D eigenvalue weighted by molar-refractivity contribution is 5.98. The summed E-state index contributed by atoms with van der Waals surface area (Å²) in [6.07, 6.45) is -0.456. The van der Waals surface area contributed by atoms with Crippen molar-refractivity contribution in [1.82, 2.24) is 5.32 Å². The van der Waals surface area contributed by atoms with E-state index in [0.717, 1.165) is 7.11 Å². The molecule has 8 heteroatoms. The molecule has 1 aromatic carbocycles. The molecule has 8 nitrogen and oxygen atoms in total. The van der Waals surface area contributed by atoms with Crippen molar-refractivity contribution in [3.05, 3.63) is 23.8 Å². The fraction of sp³-hybridized carbons (Fsp3) is 0.308. The second-order valence-electron chi connectivity index (χ2n) is 4.21. The topological polar surface area (TPSA) is 111 Å². The summed E-state index contributed by atoms with van der Waals surface area (Å²) < 4.78 is 14.6. The van der Waals surface area contributed by atoms with Crippen molar-refractivity contribution in [1.29, 1.82) is 0 Å². The maximum atomic E-state index is 12.0. The Morgan fingerprint density at radius 1 is 1.33 bits per heavy atom. The third-order valence-corrected chi connectivity index (χ3v) is 2.84. The zero-order valence-corrected chi connectivity index (χ0v) is 11.1. The Morgan fingerprint density at radius 2 is 2.05 bits per heavy atom. The van der Waals surface area contributed by atoms with Gasteiger partial charge in [-0.15, -0.1) is 0 Å². The van der Waals surface area contributed by atoms with Crippen LogP contribution < -0.4 is 14.8 Å². The number of hydrogen-bond acceptors (Lipinski definition) is 6. The molecule has 21 heavy (non-hydrogen) atoms. The van der Waals surface area contributed by atoms with E-state index >= 15 is 0 Å². The van der Waals surface area contributed by atoms with E-state index in [2.05, 4.69) is 10.1 Å². The number of carbonyl (C=O) groups is 3. The van der Waals surface area contributed by atoms with E-state index in [4.69, 9.17) is 14.6 Å². The van der Waals surface area contributed by atoms with E-state index in [-0.39, 0.29) is 12.4 Å². The molecule has 2 rings (SSSR count). The summed E-state index contributed by atoms with van der Waals surface area (Å²) in [4.78, 5) is 34.2. The van der Waals surface area contributed by atoms with Crippen LogP contribution in [0.3, 0.4) is 0 Å². The minimum atomic E-state index is -1.37. The summed E-state index contributed by atoms with van der Waals surface area (Å²) >= 11 is 0. The van der Waals surface area contributed by atoms with Crippen LogP contribution in [-0.4, -0.2) is 42.9 Å². The molecule has 0 spiro atoms. The fourth-order valence-electron chi connectivity index (χ4n) is 1.73. The molecule has 0 bridgehead atoms. The molecule has 0 saturated carbocycles. The largest absolute Gasteiger partial charge is 0.480 e. The zero-order chi connectivity index (χ0) is 15.4. The number of fused-ring (bicyclic) bond motifs is 1. The first-order valence-electron chi connectivity index (χ1n) is 6.01. The molecular formula is C13H13NO7. The zero-order valence-electron chi connectivity index (χ0n) is 11.1. The van der Waals surface area contributed by atoms with E-state index < -0.39 is 30.3 Å². The lowest BCUT2D eigenvalue weighted by molar-refractivity contribution is -0.147. The highest BCUT2D eigenvalue weighted by Crippen LogP contribution is 2.32. The number of ether oxygens (including phenoxy) is 3. The van der Waals surface area contributed by atoms with Gasteiger partial charge < -0.3 is 24.6 Å². The third kappa shape index (κ3) is 3.41. The van der Waals surface area contributed by atoms with Gasteiger partial charge >= 0.3 is 11.9 Å². The summed E-state index contributed by atoms with van der Waals surface area (Å²) in [7, 11) is 1.14. The molecule has 1 amide bonds. The molecule has 1 heterocycles. The molecule has 1 aromatic rings. The van der Waals surface area contributed by atoms with Gasteiger partial charge in [-0.2, -0.15) is 0 Å². The van der Waals surface area contributed by atoms with Gasteiger partial charge in [0.2, 0.25) is 6.79 Å². The molecule has 1 aliphatic rings. The van der Waals surface area contributed by atoms with Gasteiger partial charge in [-0.1, -0.05) is 0 Å². The lowest BCUT2D eigenvalue weighted by atomic mass is 10.1. The van der Waals surface area contributed by atoms with E-state index in [1.807, 2.05) is 0 Å². The predicted molar refractivity (Wildman–Crippen MR) is 68.1 cm³/mol. The third-order valence-electron chi connectivity index (χ3n) is 2.84. The van der Waals surface area contributed by atoms with Crippen LogP contribution in [0.5, 0.6) is 11.5 Å². The van der Waals surface area contributed by atoms with Gasteiger partial charge in [0, 0.05) is 5.56 Å². The van der Waals surface area contributed by atoms with Gasteiger partial charge in [0.05, 0.1) is 13.5 Å². The SMILES string of the molecule is COC(=O)C[C@H](NC(=O)c1ccc2c(c1)OCO2)C(=O)O. The van der Waals surface area contributed by atoms with Crippen molar-refractivity contribution in [2.45, 2.75) is 12.5 Å². The number of benzene rings is 1. The number of methoxy groups -OCH3 is 1. The summed E-state index contributed by atoms with van der Waals surface area (Å²) in [6.45, 7) is 0.0699. The standard InChI is InChI=1S/C13H13NO7/c1-19-11(15)5-8(13(17)18)14-12(16)7-2-3-9-10(4-7)21-6-20-9/h2-4,8H,5-6H2,1H3,(H,14,16)(H,17,18)/t8-/m0/s1. The minimum absolute atomic E-state index is 0.0699. The second kappa shape index (κ2) is 6.12. The molecule has 112 valence electrons. The van der Waals surface area contributed by atoms with Crippen molar-refractivity contribution in [3.8, 4) is 11.5 Å². The Balaban J connectivity index is 2.08. The van der Waals surface area contributed by atoms with E-state index in [0.29, 0.717) is 11.5 Å². The molecular weight excluding hydrogens is 282 g/mol. The van der Waals surface area contributed by atoms with Crippen LogP contribution in [-0.2, 0) is 14.3 Å². The van der Waals surface area contributed by atoms with Crippen LogP contribution in [0.2, 0.25) is 0 Å². The van der Waals surface area contributed by atoms with Gasteiger partial charge in [0.15, 0.2) is 11.5 Å². The number of carboxylic acid groups (broad SMARTS) is 1. The number of rotatable bonds is 5. The highest BCUT2D eigenvalue weighted by atomic mass is 16.7. The summed E-state index contributed by atoms with van der Waals surface area (Å²) in [5, 5.41) is 11.3. The first kappa shape index (κ1) is 14.6. The number of nitrogens with one attached hydrogen (secondary N) is 1. The Kier molecular flexibility index (Phi) is 4.27. The molecule has 0 saturated heterocycles. The van der Waals surface area contributed by atoms with Crippen molar-refractivity contribution >= 4 is 17.8 Å². The van der Waals surface area contributed by atoms with Gasteiger partial charge in [0.25, 0.3) is 5.91 Å². The normalized spacial score (nSPS) is 13.4. The van der Waals surface area contributed by atoms with Crippen molar-refractivity contribution < 1.29 is 33.7 Å². The first-order chi connectivity index (χ1) is 10.0. The van der Waals surface area contributed by atoms with Crippen molar-refractivity contribution in [2.75, 3.05) is 13.9 Å². The Bertz CT molecular complexity index is 584. The molecule has 0 fully saturated rings. The lowest BCUT2D eigenvalue weighted by Gasteiger charge is -2.13. The van der Waals surface area contributed by atoms with Crippen LogP contribution in [0, 0.1) is 0 Å². The van der Waals surface area contributed by atoms with Gasteiger partial charge in [-0.05, 0) is 18.2 Å². The Morgan fingerprint density at radius 3 is 2.71 bits per heavy atom. The number of carbonyl (C=O) groups excluding carboxylic acids is 2. The monoisotopic (exact) mass is 295 g/mol. The average Bonchev–Trinajstić information content (AvgIpc) is 2.93. The van der Waals surface area contributed by atoms with Gasteiger partial charge in [-0.25, -0.2) is 4.79 Å². The van der Waals surface area contributed by atoms with Crippen molar-refractivity contribution in [2.24, 2.45) is 0 Å². The van der Waals surface area contributed by atoms with Crippen molar-refractivity contribution in [3.63, 3.8) is 0 Å². The second-order valence-corrected chi connectivity index (χ2v) is 4.21. The van der Waals surface area contributed by atoms with Crippen LogP contribution in [0.15, 0.2) is 18.2 Å². The van der Waals surface area contributed by atoms with Crippen LogP contribution in [0.25, 0.3) is 0 Å². The molecule has 0 aliphatic carbocycles. The lowest BCUT2D eigenvalue weighted by Crippen LogP contribution is -2.42.